The first-order valence-electron chi connectivity index (χ1n) is 8.62. The summed E-state index contributed by atoms with van der Waals surface area (Å²) in [6.07, 6.45) is 4.41. The molecule has 1 fully saturated rings. The van der Waals surface area contributed by atoms with Crippen molar-refractivity contribution in [1.29, 1.82) is 0 Å². The molecule has 0 bridgehead atoms. The maximum Gasteiger partial charge on any atom is 0.243 e. The van der Waals surface area contributed by atoms with Gasteiger partial charge in [-0.25, -0.2) is 18.4 Å². The summed E-state index contributed by atoms with van der Waals surface area (Å²) in [5.41, 5.74) is 2.63. The van der Waals surface area contributed by atoms with Gasteiger partial charge in [-0.05, 0) is 37.5 Å². The average molecular weight is 372 g/mol. The summed E-state index contributed by atoms with van der Waals surface area (Å²) in [6.45, 7) is 3.07. The van der Waals surface area contributed by atoms with Crippen LogP contribution in [-0.2, 0) is 27.9 Å². The lowest BCUT2D eigenvalue weighted by molar-refractivity contribution is -0.135. The molecular weight excluding hydrogens is 352 g/mol. The Hall–Kier alpha value is -2.32. The minimum Gasteiger partial charge on any atom is -0.331 e. The minimum absolute atomic E-state index is 0.156. The normalized spacial score (nSPS) is 20.3. The van der Waals surface area contributed by atoms with E-state index in [2.05, 4.69) is 9.97 Å². The van der Waals surface area contributed by atoms with Crippen LogP contribution in [0.3, 0.4) is 0 Å². The number of hydrogen-bond donors (Lipinski definition) is 0. The molecule has 136 valence electrons. The van der Waals surface area contributed by atoms with Gasteiger partial charge in [-0.2, -0.15) is 4.31 Å². The molecule has 0 N–H and O–H groups in total. The van der Waals surface area contributed by atoms with E-state index in [0.29, 0.717) is 32.5 Å². The molecule has 0 spiro atoms. The SMILES string of the molecule is Cc1cccc(S(=O)(=O)N2CCCC2C(=O)N2Cc3cncnc3C2)c1. The number of fused-ring (bicyclic) bond motifs is 1. The predicted octanol–water partition coefficient (Wildman–Crippen LogP) is 1.48. The lowest BCUT2D eigenvalue weighted by Crippen LogP contribution is -2.46. The van der Waals surface area contributed by atoms with Gasteiger partial charge < -0.3 is 4.90 Å². The molecule has 1 aromatic heterocycles. The van der Waals surface area contributed by atoms with Crippen LogP contribution in [0.25, 0.3) is 0 Å². The Morgan fingerprint density at radius 2 is 2.12 bits per heavy atom. The molecule has 8 heteroatoms. The molecule has 1 aromatic carbocycles. The molecule has 0 aliphatic carbocycles. The number of aryl methyl sites for hydroxylation is 1. The monoisotopic (exact) mass is 372 g/mol. The molecule has 1 amide bonds. The second-order valence-electron chi connectivity index (χ2n) is 6.78. The molecule has 1 unspecified atom stereocenters. The van der Waals surface area contributed by atoms with Crippen molar-refractivity contribution < 1.29 is 13.2 Å². The number of carbonyl (C=O) groups excluding carboxylic acids is 1. The van der Waals surface area contributed by atoms with E-state index in [4.69, 9.17) is 0 Å². The molecule has 26 heavy (non-hydrogen) atoms. The summed E-state index contributed by atoms with van der Waals surface area (Å²) in [5.74, 6) is -0.156. The number of rotatable bonds is 3. The van der Waals surface area contributed by atoms with Crippen LogP contribution in [0.15, 0.2) is 41.7 Å². The van der Waals surface area contributed by atoms with E-state index in [9.17, 15) is 13.2 Å². The van der Waals surface area contributed by atoms with Gasteiger partial charge in [0.2, 0.25) is 15.9 Å². The highest BCUT2D eigenvalue weighted by atomic mass is 32.2. The van der Waals surface area contributed by atoms with E-state index in [0.717, 1.165) is 16.8 Å². The van der Waals surface area contributed by atoms with Crippen LogP contribution in [0, 0.1) is 6.92 Å². The topological polar surface area (TPSA) is 83.5 Å². The standard InChI is InChI=1S/C18H20N4O3S/c1-13-4-2-5-15(8-13)26(24,25)22-7-3-6-17(22)18(23)21-10-14-9-19-12-20-16(14)11-21/h2,4-5,8-9,12,17H,3,6-7,10-11H2,1H3. The Bertz CT molecular complexity index is 935. The Labute approximate surface area is 152 Å². The minimum atomic E-state index is -3.69. The molecular formula is C18H20N4O3S. The van der Waals surface area contributed by atoms with Crippen LogP contribution in [0.2, 0.25) is 0 Å². The highest BCUT2D eigenvalue weighted by Crippen LogP contribution is 2.30. The van der Waals surface area contributed by atoms with Crippen LogP contribution < -0.4 is 0 Å². The highest BCUT2D eigenvalue weighted by Gasteiger charge is 2.42. The predicted molar refractivity (Wildman–Crippen MR) is 94.4 cm³/mol. The van der Waals surface area contributed by atoms with E-state index < -0.39 is 16.1 Å². The molecule has 1 saturated heterocycles. The molecule has 2 aromatic rings. The van der Waals surface area contributed by atoms with Gasteiger partial charge in [0, 0.05) is 24.8 Å². The number of carbonyl (C=O) groups is 1. The second kappa shape index (κ2) is 6.44. The van der Waals surface area contributed by atoms with Crippen LogP contribution >= 0.6 is 0 Å². The van der Waals surface area contributed by atoms with Crippen molar-refractivity contribution in [2.45, 2.75) is 43.8 Å². The maximum absolute atomic E-state index is 13.1. The zero-order chi connectivity index (χ0) is 18.3. The van der Waals surface area contributed by atoms with Crippen LogP contribution in [0.1, 0.15) is 29.7 Å². The van der Waals surface area contributed by atoms with Crippen molar-refractivity contribution >= 4 is 15.9 Å². The van der Waals surface area contributed by atoms with Crippen LogP contribution in [0.4, 0.5) is 0 Å². The van der Waals surface area contributed by atoms with E-state index in [1.807, 2.05) is 13.0 Å². The highest BCUT2D eigenvalue weighted by molar-refractivity contribution is 7.89. The second-order valence-corrected chi connectivity index (χ2v) is 8.67. The molecule has 3 heterocycles. The lowest BCUT2D eigenvalue weighted by Gasteiger charge is -2.27. The first-order valence-corrected chi connectivity index (χ1v) is 10.1. The summed E-state index contributed by atoms with van der Waals surface area (Å²) in [6, 6.07) is 6.17. The van der Waals surface area contributed by atoms with Gasteiger partial charge in [0.05, 0.1) is 17.1 Å². The third-order valence-electron chi connectivity index (χ3n) is 4.98. The summed E-state index contributed by atoms with van der Waals surface area (Å²) >= 11 is 0. The fourth-order valence-electron chi connectivity index (χ4n) is 3.65. The molecule has 2 aliphatic heterocycles. The van der Waals surface area contributed by atoms with Crippen LogP contribution in [-0.4, -0.2) is 46.1 Å². The third-order valence-corrected chi connectivity index (χ3v) is 6.88. The molecule has 7 nitrogen and oxygen atoms in total. The summed E-state index contributed by atoms with van der Waals surface area (Å²) in [5, 5.41) is 0. The van der Waals surface area contributed by atoms with Crippen LogP contribution in [0.5, 0.6) is 0 Å². The summed E-state index contributed by atoms with van der Waals surface area (Å²) in [7, 11) is -3.69. The van der Waals surface area contributed by atoms with E-state index >= 15 is 0 Å². The first-order chi connectivity index (χ1) is 12.5. The van der Waals surface area contributed by atoms with Gasteiger partial charge in [0.1, 0.15) is 12.4 Å². The van der Waals surface area contributed by atoms with E-state index in [-0.39, 0.29) is 10.8 Å². The number of nitrogens with zero attached hydrogens (tertiary/aromatic N) is 4. The number of aromatic nitrogens is 2. The van der Waals surface area contributed by atoms with Crippen molar-refractivity contribution in [2.24, 2.45) is 0 Å². The van der Waals surface area contributed by atoms with Gasteiger partial charge in [-0.3, -0.25) is 4.79 Å². The van der Waals surface area contributed by atoms with E-state index in [1.165, 1.54) is 10.6 Å². The van der Waals surface area contributed by atoms with Gasteiger partial charge in [-0.1, -0.05) is 12.1 Å². The lowest BCUT2D eigenvalue weighted by atomic mass is 10.2. The Morgan fingerprint density at radius 3 is 2.88 bits per heavy atom. The van der Waals surface area contributed by atoms with Gasteiger partial charge >= 0.3 is 0 Å². The van der Waals surface area contributed by atoms with E-state index in [1.54, 1.807) is 29.3 Å². The number of hydrogen-bond acceptors (Lipinski definition) is 5. The summed E-state index contributed by atoms with van der Waals surface area (Å²) < 4.78 is 27.5. The molecule has 2 aliphatic rings. The molecule has 0 saturated carbocycles. The first kappa shape index (κ1) is 17.1. The van der Waals surface area contributed by atoms with Gasteiger partial charge in [-0.15, -0.1) is 0 Å². The van der Waals surface area contributed by atoms with Crippen molar-refractivity contribution in [3.8, 4) is 0 Å². The Balaban J connectivity index is 1.58. The zero-order valence-electron chi connectivity index (χ0n) is 14.5. The van der Waals surface area contributed by atoms with Crippen molar-refractivity contribution in [1.82, 2.24) is 19.2 Å². The van der Waals surface area contributed by atoms with Crippen molar-refractivity contribution in [2.75, 3.05) is 6.54 Å². The van der Waals surface area contributed by atoms with Gasteiger partial charge in [0.15, 0.2) is 0 Å². The smallest absolute Gasteiger partial charge is 0.243 e. The molecule has 4 rings (SSSR count). The zero-order valence-corrected chi connectivity index (χ0v) is 15.3. The largest absolute Gasteiger partial charge is 0.331 e. The number of amides is 1. The fraction of sp³-hybridized carbons (Fsp3) is 0.389. The third kappa shape index (κ3) is 2.89. The van der Waals surface area contributed by atoms with Gasteiger partial charge in [0.25, 0.3) is 0 Å². The number of benzene rings is 1. The molecule has 0 radical (unpaired) electrons. The Kier molecular flexibility index (Phi) is 4.24. The quantitative estimate of drug-likeness (QED) is 0.815. The van der Waals surface area contributed by atoms with Crippen molar-refractivity contribution in [3.63, 3.8) is 0 Å². The fourth-order valence-corrected chi connectivity index (χ4v) is 5.41. The number of sulfonamides is 1. The Morgan fingerprint density at radius 1 is 1.27 bits per heavy atom. The molecule has 1 atom stereocenters. The maximum atomic E-state index is 13.1. The van der Waals surface area contributed by atoms with Crippen molar-refractivity contribution in [3.05, 3.63) is 53.6 Å². The summed E-state index contributed by atoms with van der Waals surface area (Å²) in [4.78, 5) is 23.2. The average Bonchev–Trinajstić information content (AvgIpc) is 3.28.